The third-order valence-corrected chi connectivity index (χ3v) is 9.99. The monoisotopic (exact) mass is 385 g/mol. The molecule has 0 radical (unpaired) electrons. The zero-order valence-corrected chi connectivity index (χ0v) is 17.1. The van der Waals surface area contributed by atoms with E-state index in [-0.39, 0.29) is 11.9 Å². The van der Waals surface area contributed by atoms with Gasteiger partial charge in [0.05, 0.1) is 18.6 Å². The van der Waals surface area contributed by atoms with Gasteiger partial charge in [-0.1, -0.05) is 19.4 Å². The second kappa shape index (κ2) is 5.11. The van der Waals surface area contributed by atoms with Crippen LogP contribution in [-0.4, -0.2) is 53.1 Å². The van der Waals surface area contributed by atoms with Crippen LogP contribution in [0.2, 0.25) is 0 Å². The van der Waals surface area contributed by atoms with Crippen molar-refractivity contribution in [2.24, 2.45) is 28.6 Å². The van der Waals surface area contributed by atoms with Gasteiger partial charge in [0, 0.05) is 30.0 Å². The zero-order chi connectivity index (χ0) is 19.6. The van der Waals surface area contributed by atoms with Crippen molar-refractivity contribution in [2.45, 2.75) is 64.2 Å². The Balaban J connectivity index is 1.69. The Morgan fingerprint density at radius 3 is 2.79 bits per heavy atom. The summed E-state index contributed by atoms with van der Waals surface area (Å²) in [5.41, 5.74) is 2.61. The number of rotatable bonds is 1. The van der Waals surface area contributed by atoms with Gasteiger partial charge in [-0.2, -0.15) is 0 Å². The van der Waals surface area contributed by atoms with E-state index in [1.54, 1.807) is 0 Å². The summed E-state index contributed by atoms with van der Waals surface area (Å²) in [6.45, 7) is 6.19. The number of ether oxygens (including phenoxy) is 1. The van der Waals surface area contributed by atoms with Gasteiger partial charge in [0.15, 0.2) is 0 Å². The molecule has 6 rings (SSSR count). The first-order valence-corrected chi connectivity index (χ1v) is 11.0. The lowest BCUT2D eigenvalue weighted by Crippen LogP contribution is -2.77. The van der Waals surface area contributed by atoms with Crippen LogP contribution in [0.4, 0.5) is 0 Å². The number of hydrogen-bond acceptors (Lipinski definition) is 5. The van der Waals surface area contributed by atoms with Gasteiger partial charge in [-0.3, -0.25) is 4.90 Å². The van der Waals surface area contributed by atoms with Gasteiger partial charge in [-0.15, -0.1) is 0 Å². The van der Waals surface area contributed by atoms with E-state index in [1.165, 1.54) is 18.3 Å². The summed E-state index contributed by atoms with van der Waals surface area (Å²) in [5, 5.41) is 24.2. The highest BCUT2D eigenvalue weighted by Gasteiger charge is 2.81. The van der Waals surface area contributed by atoms with Crippen molar-refractivity contribution in [1.82, 2.24) is 4.90 Å². The number of allylic oxidation sites excluding steroid dienone is 2. The van der Waals surface area contributed by atoms with E-state index in [0.717, 1.165) is 49.9 Å². The quantitative estimate of drug-likeness (QED) is 0.679. The minimum absolute atomic E-state index is 0.0437. The maximum atomic E-state index is 12.8. The van der Waals surface area contributed by atoms with Gasteiger partial charge in [-0.05, 0) is 61.5 Å². The van der Waals surface area contributed by atoms with Gasteiger partial charge >= 0.3 is 5.97 Å². The number of esters is 1. The number of carbonyl (C=O) groups excluding carboxylic acids is 1. The molecular weight excluding hydrogens is 354 g/mol. The maximum Gasteiger partial charge on any atom is 0.334 e. The molecule has 5 heteroatoms. The summed E-state index contributed by atoms with van der Waals surface area (Å²) in [7, 11) is 1.46. The van der Waals surface area contributed by atoms with Crippen LogP contribution in [0.15, 0.2) is 22.3 Å². The van der Waals surface area contributed by atoms with Crippen molar-refractivity contribution in [2.75, 3.05) is 20.2 Å². The lowest BCUT2D eigenvalue weighted by Gasteiger charge is -2.70. The highest BCUT2D eigenvalue weighted by Crippen LogP contribution is 2.78. The van der Waals surface area contributed by atoms with Crippen LogP contribution in [0, 0.1) is 28.6 Å². The van der Waals surface area contributed by atoms with Crippen molar-refractivity contribution in [3.63, 3.8) is 0 Å². The molecule has 0 aromatic carbocycles. The Kier molecular flexibility index (Phi) is 3.22. The van der Waals surface area contributed by atoms with Crippen LogP contribution in [0.5, 0.6) is 0 Å². The molecule has 2 saturated heterocycles. The molecule has 4 bridgehead atoms. The molecule has 2 N–H and O–H groups in total. The van der Waals surface area contributed by atoms with Crippen molar-refractivity contribution in [1.29, 1.82) is 0 Å². The fourth-order valence-electron chi connectivity index (χ4n) is 8.83. The van der Waals surface area contributed by atoms with Crippen LogP contribution in [-0.2, 0) is 9.53 Å². The number of piperidine rings is 1. The average Bonchev–Trinajstić information content (AvgIpc) is 3.29. The van der Waals surface area contributed by atoms with E-state index in [2.05, 4.69) is 18.7 Å². The van der Waals surface area contributed by atoms with E-state index >= 15 is 0 Å². The average molecular weight is 386 g/mol. The lowest BCUT2D eigenvalue weighted by molar-refractivity contribution is -0.318. The number of aliphatic hydroxyl groups excluding tert-OH is 1. The molecule has 0 aromatic rings. The van der Waals surface area contributed by atoms with Gasteiger partial charge in [0.1, 0.15) is 5.72 Å². The molecule has 152 valence electrons. The Bertz CT molecular complexity index is 861. The molecule has 1 saturated carbocycles. The predicted octanol–water partition coefficient (Wildman–Crippen LogP) is 2.39. The molecule has 1 spiro atoms. The first-order chi connectivity index (χ1) is 13.3. The van der Waals surface area contributed by atoms with Gasteiger partial charge in [0.25, 0.3) is 0 Å². The lowest BCUT2D eigenvalue weighted by atomic mass is 9.41. The molecule has 0 aromatic heterocycles. The summed E-state index contributed by atoms with van der Waals surface area (Å²) < 4.78 is 5.18. The third kappa shape index (κ3) is 1.54. The maximum absolute atomic E-state index is 12.8. The highest BCUT2D eigenvalue weighted by atomic mass is 16.5. The van der Waals surface area contributed by atoms with Crippen molar-refractivity contribution in [3.8, 4) is 0 Å². The Hall–Kier alpha value is -1.17. The van der Waals surface area contributed by atoms with E-state index in [9.17, 15) is 15.0 Å². The molecule has 2 aliphatic heterocycles. The molecular formula is C23H31NO4. The molecule has 3 fully saturated rings. The zero-order valence-electron chi connectivity index (χ0n) is 17.1. The normalized spacial score (nSPS) is 51.5. The first-order valence-electron chi connectivity index (χ1n) is 11.0. The van der Waals surface area contributed by atoms with Crippen molar-refractivity contribution < 1.29 is 19.7 Å². The summed E-state index contributed by atoms with van der Waals surface area (Å²) in [5.74, 6) is 0.471. The molecule has 4 aliphatic carbocycles. The summed E-state index contributed by atoms with van der Waals surface area (Å²) in [4.78, 5) is 15.1. The SMILES string of the molecule is COC(=O)C1=C2CCC3=C2[C@]2(C1)[C@@]1(C)C(O)C[C@@H]4C(C)CN(C[C@@H]1CC3)[C@@]42O. The van der Waals surface area contributed by atoms with Gasteiger partial charge < -0.3 is 14.9 Å². The Labute approximate surface area is 166 Å². The van der Waals surface area contributed by atoms with Gasteiger partial charge in [-0.25, -0.2) is 4.79 Å². The second-order valence-corrected chi connectivity index (χ2v) is 10.5. The predicted molar refractivity (Wildman–Crippen MR) is 103 cm³/mol. The summed E-state index contributed by atoms with van der Waals surface area (Å²) >= 11 is 0. The van der Waals surface area contributed by atoms with Crippen molar-refractivity contribution in [3.05, 3.63) is 22.3 Å². The fourth-order valence-corrected chi connectivity index (χ4v) is 8.83. The molecule has 0 amide bonds. The topological polar surface area (TPSA) is 70.0 Å². The number of carbonyl (C=O) groups is 1. The number of aliphatic hydroxyl groups is 2. The largest absolute Gasteiger partial charge is 0.466 e. The molecule has 7 atom stereocenters. The molecule has 2 unspecified atom stereocenters. The van der Waals surface area contributed by atoms with E-state index in [0.29, 0.717) is 24.7 Å². The fraction of sp³-hybridized carbons (Fsp3) is 0.783. The molecule has 28 heavy (non-hydrogen) atoms. The standard InChI is InChI=1S/C23H31NO4/c1-12-10-24-11-14-6-4-13-5-7-15-16(20(26)28-3)9-22(19(13)15)21(14,2)18(25)8-17(12)23(22,24)27/h12,14,17-18,25,27H,4-11H2,1-3H3/t12?,14-,17+,18?,21+,22+,23+/m0/s1. The molecule has 5 nitrogen and oxygen atoms in total. The third-order valence-electron chi connectivity index (χ3n) is 9.99. The molecule has 2 heterocycles. The minimum atomic E-state index is -0.979. The number of hydrogen-bond donors (Lipinski definition) is 2. The highest BCUT2D eigenvalue weighted by molar-refractivity contribution is 5.93. The van der Waals surface area contributed by atoms with Crippen LogP contribution in [0.1, 0.15) is 52.4 Å². The summed E-state index contributed by atoms with van der Waals surface area (Å²) in [6.07, 6.45) is 4.71. The minimum Gasteiger partial charge on any atom is -0.466 e. The van der Waals surface area contributed by atoms with Crippen LogP contribution in [0.25, 0.3) is 0 Å². The van der Waals surface area contributed by atoms with Crippen molar-refractivity contribution >= 4 is 5.97 Å². The number of nitrogens with zero attached hydrogens (tertiary/aromatic N) is 1. The van der Waals surface area contributed by atoms with Gasteiger partial charge in [0.2, 0.25) is 0 Å². The van der Waals surface area contributed by atoms with E-state index in [4.69, 9.17) is 4.74 Å². The second-order valence-electron chi connectivity index (χ2n) is 10.5. The molecule has 6 aliphatic rings. The van der Waals surface area contributed by atoms with Crippen LogP contribution in [0.3, 0.4) is 0 Å². The van der Waals surface area contributed by atoms with Crippen LogP contribution < -0.4 is 0 Å². The summed E-state index contributed by atoms with van der Waals surface area (Å²) in [6, 6.07) is 0. The van der Waals surface area contributed by atoms with Crippen LogP contribution >= 0.6 is 0 Å². The number of methoxy groups -OCH3 is 1. The Morgan fingerprint density at radius 2 is 2.04 bits per heavy atom. The first kappa shape index (κ1) is 17.7. The van der Waals surface area contributed by atoms with E-state index < -0.39 is 22.7 Å². The Morgan fingerprint density at radius 1 is 1.25 bits per heavy atom. The van der Waals surface area contributed by atoms with E-state index in [1.807, 2.05) is 0 Å². The smallest absolute Gasteiger partial charge is 0.334 e.